The first-order valence-electron chi connectivity index (χ1n) is 7.55. The lowest BCUT2D eigenvalue weighted by Crippen LogP contribution is -2.42. The van der Waals surface area contributed by atoms with Crippen molar-refractivity contribution in [1.29, 1.82) is 0 Å². The number of unbranched alkanes of at least 4 members (excludes halogenated alkanes) is 1. The Hall–Kier alpha value is -1.35. The molecule has 0 heterocycles. The van der Waals surface area contributed by atoms with Crippen molar-refractivity contribution < 1.29 is 4.79 Å². The highest BCUT2D eigenvalue weighted by Crippen LogP contribution is 2.07. The molecule has 3 nitrogen and oxygen atoms in total. The maximum atomic E-state index is 12.0. The lowest BCUT2D eigenvalue weighted by atomic mass is 10.0. The Labute approximate surface area is 123 Å². The van der Waals surface area contributed by atoms with Gasteiger partial charge >= 0.3 is 0 Å². The van der Waals surface area contributed by atoms with E-state index in [1.807, 2.05) is 13.1 Å². The zero-order valence-electron chi connectivity index (χ0n) is 13.0. The van der Waals surface area contributed by atoms with E-state index in [-0.39, 0.29) is 11.9 Å². The van der Waals surface area contributed by atoms with Gasteiger partial charge in [-0.05, 0) is 37.2 Å². The Morgan fingerprint density at radius 2 is 1.85 bits per heavy atom. The average Bonchev–Trinajstić information content (AvgIpc) is 2.43. The summed E-state index contributed by atoms with van der Waals surface area (Å²) in [6, 6.07) is 10.1. The summed E-state index contributed by atoms with van der Waals surface area (Å²) < 4.78 is 0. The van der Waals surface area contributed by atoms with E-state index < -0.39 is 0 Å². The SMILES string of the molecule is CC(C)C[C@H](N)C(=O)N(C)CCCCc1ccccc1. The maximum Gasteiger partial charge on any atom is 0.239 e. The molecule has 0 aromatic heterocycles. The average molecular weight is 276 g/mol. The van der Waals surface area contributed by atoms with Crippen LogP contribution in [0.3, 0.4) is 0 Å². The van der Waals surface area contributed by atoms with Crippen LogP contribution in [0.15, 0.2) is 30.3 Å². The second-order valence-electron chi connectivity index (χ2n) is 5.94. The topological polar surface area (TPSA) is 46.3 Å². The summed E-state index contributed by atoms with van der Waals surface area (Å²) >= 11 is 0. The Kier molecular flexibility index (Phi) is 7.31. The van der Waals surface area contributed by atoms with Crippen molar-refractivity contribution >= 4 is 5.91 Å². The molecule has 0 saturated heterocycles. The van der Waals surface area contributed by atoms with Crippen LogP contribution in [-0.2, 0) is 11.2 Å². The number of nitrogens with two attached hydrogens (primary N) is 1. The van der Waals surface area contributed by atoms with E-state index in [0.29, 0.717) is 5.92 Å². The predicted molar refractivity (Wildman–Crippen MR) is 84.4 cm³/mol. The summed E-state index contributed by atoms with van der Waals surface area (Å²) in [4.78, 5) is 13.8. The van der Waals surface area contributed by atoms with Crippen molar-refractivity contribution in [3.63, 3.8) is 0 Å². The second kappa shape index (κ2) is 8.75. The van der Waals surface area contributed by atoms with E-state index in [1.165, 1.54) is 5.56 Å². The summed E-state index contributed by atoms with van der Waals surface area (Å²) in [5, 5.41) is 0. The zero-order valence-corrected chi connectivity index (χ0v) is 13.0. The Bertz CT molecular complexity index is 389. The maximum absolute atomic E-state index is 12.0. The van der Waals surface area contributed by atoms with Crippen LogP contribution < -0.4 is 5.73 Å². The number of hydrogen-bond donors (Lipinski definition) is 1. The van der Waals surface area contributed by atoms with Crippen LogP contribution in [0.4, 0.5) is 0 Å². The number of nitrogens with zero attached hydrogens (tertiary/aromatic N) is 1. The van der Waals surface area contributed by atoms with Gasteiger partial charge in [0.2, 0.25) is 5.91 Å². The van der Waals surface area contributed by atoms with Crippen molar-refractivity contribution in [3.05, 3.63) is 35.9 Å². The molecule has 0 aliphatic rings. The molecule has 0 saturated carbocycles. The van der Waals surface area contributed by atoms with Gasteiger partial charge in [-0.1, -0.05) is 44.2 Å². The minimum Gasteiger partial charge on any atom is -0.344 e. The summed E-state index contributed by atoms with van der Waals surface area (Å²) in [5.41, 5.74) is 7.28. The van der Waals surface area contributed by atoms with Crippen molar-refractivity contribution in [2.24, 2.45) is 11.7 Å². The van der Waals surface area contributed by atoms with Crippen molar-refractivity contribution in [1.82, 2.24) is 4.90 Å². The van der Waals surface area contributed by atoms with E-state index in [1.54, 1.807) is 4.90 Å². The number of hydrogen-bond acceptors (Lipinski definition) is 2. The molecule has 0 bridgehead atoms. The largest absolute Gasteiger partial charge is 0.344 e. The molecule has 0 unspecified atom stereocenters. The molecule has 20 heavy (non-hydrogen) atoms. The van der Waals surface area contributed by atoms with Crippen LogP contribution in [0, 0.1) is 5.92 Å². The summed E-state index contributed by atoms with van der Waals surface area (Å²) in [6.07, 6.45) is 3.95. The standard InChI is InChI=1S/C17H28N2O/c1-14(2)13-16(18)17(20)19(3)12-8-7-11-15-9-5-4-6-10-15/h4-6,9-10,14,16H,7-8,11-13,18H2,1-3H3/t16-/m0/s1. The van der Waals surface area contributed by atoms with Gasteiger partial charge in [-0.25, -0.2) is 0 Å². The molecule has 0 fully saturated rings. The van der Waals surface area contributed by atoms with Crippen LogP contribution in [0.25, 0.3) is 0 Å². The summed E-state index contributed by atoms with van der Waals surface area (Å²) in [6.45, 7) is 4.97. The Balaban J connectivity index is 2.22. The fourth-order valence-corrected chi connectivity index (χ4v) is 2.32. The monoisotopic (exact) mass is 276 g/mol. The quantitative estimate of drug-likeness (QED) is 0.742. The van der Waals surface area contributed by atoms with Gasteiger partial charge in [-0.3, -0.25) is 4.79 Å². The Morgan fingerprint density at radius 1 is 1.20 bits per heavy atom. The number of amides is 1. The van der Waals surface area contributed by atoms with Crippen LogP contribution in [0.2, 0.25) is 0 Å². The van der Waals surface area contributed by atoms with Gasteiger partial charge in [0, 0.05) is 13.6 Å². The Morgan fingerprint density at radius 3 is 2.45 bits per heavy atom. The van der Waals surface area contributed by atoms with E-state index in [4.69, 9.17) is 5.73 Å². The molecule has 2 N–H and O–H groups in total. The number of rotatable bonds is 8. The minimum atomic E-state index is -0.353. The van der Waals surface area contributed by atoms with Gasteiger partial charge in [0.15, 0.2) is 0 Å². The van der Waals surface area contributed by atoms with Gasteiger partial charge in [0.25, 0.3) is 0 Å². The molecule has 112 valence electrons. The van der Waals surface area contributed by atoms with Crippen LogP contribution in [0.1, 0.15) is 38.7 Å². The molecule has 0 spiro atoms. The smallest absolute Gasteiger partial charge is 0.239 e. The van der Waals surface area contributed by atoms with E-state index in [9.17, 15) is 4.79 Å². The molecule has 3 heteroatoms. The molecule has 1 atom stereocenters. The van der Waals surface area contributed by atoms with E-state index in [0.717, 1.165) is 32.2 Å². The third-order valence-electron chi connectivity index (χ3n) is 3.47. The summed E-state index contributed by atoms with van der Waals surface area (Å²) in [7, 11) is 1.85. The lowest BCUT2D eigenvalue weighted by molar-refractivity contribution is -0.131. The van der Waals surface area contributed by atoms with Gasteiger partial charge in [-0.15, -0.1) is 0 Å². The number of aryl methyl sites for hydroxylation is 1. The van der Waals surface area contributed by atoms with Gasteiger partial charge in [0.1, 0.15) is 0 Å². The van der Waals surface area contributed by atoms with Crippen LogP contribution in [0.5, 0.6) is 0 Å². The molecule has 1 rings (SSSR count). The second-order valence-corrected chi connectivity index (χ2v) is 5.94. The highest BCUT2D eigenvalue weighted by atomic mass is 16.2. The van der Waals surface area contributed by atoms with E-state index >= 15 is 0 Å². The molecular weight excluding hydrogens is 248 g/mol. The third-order valence-corrected chi connectivity index (χ3v) is 3.47. The molecule has 0 aliphatic heterocycles. The number of carbonyl (C=O) groups excluding carboxylic acids is 1. The minimum absolute atomic E-state index is 0.0680. The first-order valence-corrected chi connectivity index (χ1v) is 7.55. The summed E-state index contributed by atoms with van der Waals surface area (Å²) in [5.74, 6) is 0.527. The fraction of sp³-hybridized carbons (Fsp3) is 0.588. The van der Waals surface area contributed by atoms with Crippen LogP contribution in [-0.4, -0.2) is 30.4 Å². The highest BCUT2D eigenvalue weighted by Gasteiger charge is 2.18. The fourth-order valence-electron chi connectivity index (χ4n) is 2.32. The van der Waals surface area contributed by atoms with Crippen molar-refractivity contribution in [2.75, 3.05) is 13.6 Å². The molecule has 1 amide bonds. The molecule has 0 radical (unpaired) electrons. The van der Waals surface area contributed by atoms with E-state index in [2.05, 4.69) is 38.1 Å². The number of carbonyl (C=O) groups is 1. The van der Waals surface area contributed by atoms with Gasteiger partial charge in [-0.2, -0.15) is 0 Å². The van der Waals surface area contributed by atoms with Crippen molar-refractivity contribution in [3.8, 4) is 0 Å². The van der Waals surface area contributed by atoms with Crippen molar-refractivity contribution in [2.45, 2.75) is 45.6 Å². The van der Waals surface area contributed by atoms with Gasteiger partial charge < -0.3 is 10.6 Å². The lowest BCUT2D eigenvalue weighted by Gasteiger charge is -2.22. The normalized spacial score (nSPS) is 12.4. The zero-order chi connectivity index (χ0) is 15.0. The predicted octanol–water partition coefficient (Wildman–Crippen LogP) is 2.84. The molecular formula is C17H28N2O. The number of likely N-dealkylation sites (N-methyl/N-ethyl adjacent to an activating group) is 1. The molecule has 0 aliphatic carbocycles. The first kappa shape index (κ1) is 16.7. The molecule has 1 aromatic rings. The number of benzene rings is 1. The first-order chi connectivity index (χ1) is 9.50. The third kappa shape index (κ3) is 6.20. The van der Waals surface area contributed by atoms with Crippen LogP contribution >= 0.6 is 0 Å². The molecule has 1 aromatic carbocycles. The van der Waals surface area contributed by atoms with Gasteiger partial charge in [0.05, 0.1) is 6.04 Å². The highest BCUT2D eigenvalue weighted by molar-refractivity contribution is 5.81.